The molecule has 26 heavy (non-hydrogen) atoms. The number of unbranched alkanes of at least 4 members (excludes halogenated alkanes) is 2. The van der Waals surface area contributed by atoms with Crippen molar-refractivity contribution in [1.29, 1.82) is 0 Å². The molecule has 0 aromatic heterocycles. The van der Waals surface area contributed by atoms with E-state index in [1.165, 1.54) is 29.5 Å². The largest absolute Gasteiger partial charge is 0.349 e. The van der Waals surface area contributed by atoms with Crippen LogP contribution in [0.5, 0.6) is 0 Å². The molecule has 2 aromatic rings. The number of benzene rings is 2. The molecule has 0 bridgehead atoms. The van der Waals surface area contributed by atoms with Gasteiger partial charge in [-0.15, -0.1) is 0 Å². The molecule has 0 atom stereocenters. The number of nitrogens with one attached hydrogen (secondary N) is 1. The van der Waals surface area contributed by atoms with E-state index < -0.39 is 0 Å². The number of amides is 1. The second kappa shape index (κ2) is 8.84. The van der Waals surface area contributed by atoms with Gasteiger partial charge in [0, 0.05) is 11.6 Å². The maximum absolute atomic E-state index is 12.8. The molecule has 0 unspecified atom stereocenters. The second-order valence-electron chi connectivity index (χ2n) is 7.28. The van der Waals surface area contributed by atoms with Gasteiger partial charge >= 0.3 is 0 Å². The zero-order valence-electron chi connectivity index (χ0n) is 15.9. The van der Waals surface area contributed by atoms with Gasteiger partial charge in [0.05, 0.1) is 0 Å². The maximum atomic E-state index is 12.8. The van der Waals surface area contributed by atoms with Gasteiger partial charge in [-0.05, 0) is 60.9 Å². The van der Waals surface area contributed by atoms with Crippen molar-refractivity contribution in [1.82, 2.24) is 5.32 Å². The lowest BCUT2D eigenvalue weighted by Gasteiger charge is -2.16. The fourth-order valence-corrected chi connectivity index (χ4v) is 3.36. The molecule has 1 aliphatic carbocycles. The molecule has 0 aliphatic heterocycles. The van der Waals surface area contributed by atoms with E-state index >= 15 is 0 Å². The summed E-state index contributed by atoms with van der Waals surface area (Å²) in [7, 11) is 0. The van der Waals surface area contributed by atoms with Crippen LogP contribution < -0.4 is 5.32 Å². The summed E-state index contributed by atoms with van der Waals surface area (Å²) in [5.74, 6) is 0.0700. The Morgan fingerprint density at radius 2 is 1.85 bits per heavy atom. The molecular weight excluding hydrogens is 318 g/mol. The topological polar surface area (TPSA) is 29.1 Å². The molecule has 1 amide bonds. The van der Waals surface area contributed by atoms with Gasteiger partial charge in [-0.1, -0.05) is 68.3 Å². The van der Waals surface area contributed by atoms with Crippen molar-refractivity contribution in [3.05, 3.63) is 70.8 Å². The minimum absolute atomic E-state index is 0.0700. The lowest BCUT2D eigenvalue weighted by Crippen LogP contribution is -2.26. The predicted octanol–water partition coefficient (Wildman–Crippen LogP) is 6.01. The number of carbonyl (C=O) groups excluding carboxylic acids is 1. The van der Waals surface area contributed by atoms with Gasteiger partial charge in [0.15, 0.2) is 0 Å². The first-order chi connectivity index (χ1) is 12.7. The quantitative estimate of drug-likeness (QED) is 0.460. The van der Waals surface area contributed by atoms with E-state index in [-0.39, 0.29) is 5.91 Å². The van der Waals surface area contributed by atoms with E-state index in [4.69, 9.17) is 0 Å². The van der Waals surface area contributed by atoms with Gasteiger partial charge in [0.2, 0.25) is 0 Å². The van der Waals surface area contributed by atoms with Crippen molar-refractivity contribution < 1.29 is 4.79 Å². The van der Waals surface area contributed by atoms with E-state index in [2.05, 4.69) is 55.6 Å². The van der Waals surface area contributed by atoms with Crippen LogP contribution in [0, 0.1) is 6.92 Å². The predicted molar refractivity (Wildman–Crippen MR) is 110 cm³/mol. The lowest BCUT2D eigenvalue weighted by atomic mass is 9.90. The monoisotopic (exact) mass is 347 g/mol. The molecule has 0 spiro atoms. The number of carbonyl (C=O) groups is 1. The third kappa shape index (κ3) is 4.85. The van der Waals surface area contributed by atoms with E-state index in [9.17, 15) is 4.79 Å². The van der Waals surface area contributed by atoms with Crippen LogP contribution in [0.2, 0.25) is 0 Å². The average Bonchev–Trinajstić information content (AvgIpc) is 3.46. The van der Waals surface area contributed by atoms with Crippen molar-refractivity contribution in [2.24, 2.45) is 0 Å². The highest BCUT2D eigenvalue weighted by molar-refractivity contribution is 6.01. The van der Waals surface area contributed by atoms with Crippen LogP contribution in [0.4, 0.5) is 0 Å². The standard InChI is InChI=1S/C24H29NO/c1-3-4-6-13-20(17-19-11-7-5-8-12-19)23-18(2)10-9-14-22(23)24(26)25-21-15-16-21/h5,7-12,14,17,21H,3-4,6,13,15-16H2,1-2H3,(H,25,26)/b20-17-. The fourth-order valence-electron chi connectivity index (χ4n) is 3.36. The summed E-state index contributed by atoms with van der Waals surface area (Å²) in [6.07, 6.45) is 9.02. The van der Waals surface area contributed by atoms with Gasteiger partial charge in [0.25, 0.3) is 5.91 Å². The summed E-state index contributed by atoms with van der Waals surface area (Å²) >= 11 is 0. The Morgan fingerprint density at radius 1 is 1.08 bits per heavy atom. The van der Waals surface area contributed by atoms with E-state index in [0.717, 1.165) is 36.8 Å². The van der Waals surface area contributed by atoms with Crippen LogP contribution in [0.1, 0.15) is 72.5 Å². The molecule has 2 aromatic carbocycles. The summed E-state index contributed by atoms with van der Waals surface area (Å²) in [6, 6.07) is 16.9. The number of hydrogen-bond acceptors (Lipinski definition) is 1. The molecule has 0 heterocycles. The first kappa shape index (κ1) is 18.4. The third-order valence-electron chi connectivity index (χ3n) is 4.94. The Morgan fingerprint density at radius 3 is 2.54 bits per heavy atom. The van der Waals surface area contributed by atoms with Gasteiger partial charge in [-0.25, -0.2) is 0 Å². The number of aryl methyl sites for hydroxylation is 1. The Labute approximate surface area is 157 Å². The highest BCUT2D eigenvalue weighted by Crippen LogP contribution is 2.30. The molecule has 0 radical (unpaired) electrons. The second-order valence-corrected chi connectivity index (χ2v) is 7.28. The van der Waals surface area contributed by atoms with E-state index in [0.29, 0.717) is 6.04 Å². The van der Waals surface area contributed by atoms with Crippen molar-refractivity contribution in [3.63, 3.8) is 0 Å². The van der Waals surface area contributed by atoms with Gasteiger partial charge in [-0.2, -0.15) is 0 Å². The van der Waals surface area contributed by atoms with Crippen molar-refractivity contribution >= 4 is 17.6 Å². The zero-order valence-corrected chi connectivity index (χ0v) is 15.9. The summed E-state index contributed by atoms with van der Waals surface area (Å²) in [5.41, 5.74) is 5.56. The van der Waals surface area contributed by atoms with Crippen LogP contribution in [-0.4, -0.2) is 11.9 Å². The molecule has 1 fully saturated rings. The highest BCUT2D eigenvalue weighted by atomic mass is 16.1. The van der Waals surface area contributed by atoms with Crippen molar-refractivity contribution in [3.8, 4) is 0 Å². The summed E-state index contributed by atoms with van der Waals surface area (Å²) in [5, 5.41) is 3.16. The summed E-state index contributed by atoms with van der Waals surface area (Å²) in [4.78, 5) is 12.8. The minimum Gasteiger partial charge on any atom is -0.349 e. The fraction of sp³-hybridized carbons (Fsp3) is 0.375. The molecule has 0 saturated heterocycles. The first-order valence-electron chi connectivity index (χ1n) is 9.85. The molecular formula is C24H29NO. The average molecular weight is 348 g/mol. The molecule has 3 rings (SSSR count). The maximum Gasteiger partial charge on any atom is 0.252 e. The van der Waals surface area contributed by atoms with Crippen molar-refractivity contribution in [2.75, 3.05) is 0 Å². The number of rotatable bonds is 8. The van der Waals surface area contributed by atoms with Crippen LogP contribution in [0.15, 0.2) is 48.5 Å². The molecule has 1 N–H and O–H groups in total. The number of hydrogen-bond donors (Lipinski definition) is 1. The molecule has 1 aliphatic rings. The Balaban J connectivity index is 1.99. The SMILES string of the molecule is CCCCC/C(=C/c1ccccc1)c1c(C)cccc1C(=O)NC1CC1. The van der Waals surface area contributed by atoms with Crippen LogP contribution in [-0.2, 0) is 0 Å². The molecule has 2 heteroatoms. The smallest absolute Gasteiger partial charge is 0.252 e. The van der Waals surface area contributed by atoms with Crippen molar-refractivity contribution in [2.45, 2.75) is 58.4 Å². The summed E-state index contributed by atoms with van der Waals surface area (Å²) in [6.45, 7) is 4.34. The number of allylic oxidation sites excluding steroid dienone is 1. The van der Waals surface area contributed by atoms with Gasteiger partial charge in [-0.3, -0.25) is 4.79 Å². The molecule has 2 nitrogen and oxygen atoms in total. The Hall–Kier alpha value is -2.35. The van der Waals surface area contributed by atoms with Crippen LogP contribution in [0.3, 0.4) is 0 Å². The van der Waals surface area contributed by atoms with E-state index in [1.807, 2.05) is 18.2 Å². The van der Waals surface area contributed by atoms with Gasteiger partial charge < -0.3 is 5.32 Å². The summed E-state index contributed by atoms with van der Waals surface area (Å²) < 4.78 is 0. The highest BCUT2D eigenvalue weighted by Gasteiger charge is 2.25. The third-order valence-corrected chi connectivity index (χ3v) is 4.94. The normalized spacial score (nSPS) is 14.3. The molecule has 1 saturated carbocycles. The molecule has 136 valence electrons. The first-order valence-corrected chi connectivity index (χ1v) is 9.85. The minimum atomic E-state index is 0.0700. The van der Waals surface area contributed by atoms with Crippen LogP contribution in [0.25, 0.3) is 11.6 Å². The van der Waals surface area contributed by atoms with Crippen LogP contribution >= 0.6 is 0 Å². The lowest BCUT2D eigenvalue weighted by molar-refractivity contribution is 0.0950. The Bertz CT molecular complexity index is 772. The Kier molecular flexibility index (Phi) is 6.27. The van der Waals surface area contributed by atoms with Gasteiger partial charge in [0.1, 0.15) is 0 Å². The zero-order chi connectivity index (χ0) is 18.4. The van der Waals surface area contributed by atoms with E-state index in [1.54, 1.807) is 0 Å².